The summed E-state index contributed by atoms with van der Waals surface area (Å²) < 4.78 is 12.3. The number of nitrogens with one attached hydrogen (secondary N) is 2. The molecule has 6 rings (SSSR count). The van der Waals surface area contributed by atoms with E-state index in [1.807, 2.05) is 48.5 Å². The first kappa shape index (κ1) is 27.6. The van der Waals surface area contributed by atoms with E-state index in [0.717, 1.165) is 29.5 Å². The Balaban J connectivity index is 1.40. The number of fused-ring (bicyclic) bond motifs is 2. The molecule has 3 aliphatic rings. The van der Waals surface area contributed by atoms with Crippen molar-refractivity contribution in [2.45, 2.75) is 82.5 Å². The molecule has 0 saturated carbocycles. The molecule has 9 nitrogen and oxygen atoms in total. The predicted octanol–water partition coefficient (Wildman–Crippen LogP) is 4.04. The van der Waals surface area contributed by atoms with Gasteiger partial charge in [0.05, 0.1) is 37.4 Å². The number of aliphatic hydroxyl groups is 1. The van der Waals surface area contributed by atoms with Crippen LogP contribution in [0, 0.1) is 5.92 Å². The van der Waals surface area contributed by atoms with Crippen LogP contribution in [0.5, 0.6) is 0 Å². The highest BCUT2D eigenvalue weighted by atomic mass is 16.7. The van der Waals surface area contributed by atoms with Crippen molar-refractivity contribution in [2.24, 2.45) is 5.92 Å². The molecule has 3 aromatic rings. The monoisotopic (exact) mass is 558 g/mol. The SMILES string of the molecule is CC(C)(C)c1ccc(N(C(=O)c2cnc[nH]2)C(C(=O)N[C@@H]2c3ccccc3C[C@@H]2O)C2CCC3CCOC3O2)cc1. The molecule has 4 unspecified atom stereocenters. The molecule has 216 valence electrons. The zero-order valence-corrected chi connectivity index (χ0v) is 23.7. The summed E-state index contributed by atoms with van der Waals surface area (Å²) in [7, 11) is 0. The summed E-state index contributed by atoms with van der Waals surface area (Å²) in [6, 6.07) is 13.9. The first-order valence-electron chi connectivity index (χ1n) is 14.5. The van der Waals surface area contributed by atoms with Crippen LogP contribution in [0.3, 0.4) is 0 Å². The largest absolute Gasteiger partial charge is 0.390 e. The molecular weight excluding hydrogens is 520 g/mol. The summed E-state index contributed by atoms with van der Waals surface area (Å²) in [4.78, 5) is 37.0. The standard InChI is InChI=1S/C32H38N4O5/c1-32(2,3)21-9-11-22(12-10-21)36(30(39)24-17-33-18-34-24)28(26-13-8-19-14-15-40-31(19)41-26)29(38)35-27-23-7-5-4-6-20(23)16-25(27)37/h4-7,9-12,17-19,25-28,31,37H,8,13-16H2,1-3H3,(H,33,34)(H,35,38)/t19?,25-,26?,27+,28?,31?/m0/s1. The molecule has 2 saturated heterocycles. The van der Waals surface area contributed by atoms with Gasteiger partial charge in [0.2, 0.25) is 5.91 Å². The minimum Gasteiger partial charge on any atom is -0.390 e. The fourth-order valence-corrected chi connectivity index (χ4v) is 6.36. The second kappa shape index (κ2) is 11.0. The molecule has 2 aliphatic heterocycles. The Labute approximate surface area is 240 Å². The number of aromatic amines is 1. The molecule has 2 amide bonds. The van der Waals surface area contributed by atoms with Gasteiger partial charge in [0.15, 0.2) is 6.29 Å². The Morgan fingerprint density at radius 1 is 1.10 bits per heavy atom. The number of nitrogens with zero attached hydrogens (tertiary/aromatic N) is 2. The van der Waals surface area contributed by atoms with Crippen LogP contribution in [0.2, 0.25) is 0 Å². The van der Waals surface area contributed by atoms with Crippen LogP contribution in [0.15, 0.2) is 61.1 Å². The van der Waals surface area contributed by atoms with Gasteiger partial charge in [0.1, 0.15) is 11.7 Å². The van der Waals surface area contributed by atoms with E-state index in [4.69, 9.17) is 9.47 Å². The minimum atomic E-state index is -1.02. The van der Waals surface area contributed by atoms with Gasteiger partial charge >= 0.3 is 0 Å². The van der Waals surface area contributed by atoms with Gasteiger partial charge in [-0.3, -0.25) is 14.5 Å². The molecule has 0 radical (unpaired) electrons. The van der Waals surface area contributed by atoms with Crippen molar-refractivity contribution in [3.63, 3.8) is 0 Å². The first-order chi connectivity index (χ1) is 19.7. The van der Waals surface area contributed by atoms with E-state index in [1.54, 1.807) is 0 Å². The number of imidazole rings is 1. The molecule has 41 heavy (non-hydrogen) atoms. The van der Waals surface area contributed by atoms with Gasteiger partial charge in [-0.15, -0.1) is 0 Å². The number of rotatable bonds is 6. The number of carbonyl (C=O) groups excluding carboxylic acids is 2. The lowest BCUT2D eigenvalue weighted by atomic mass is 9.87. The third-order valence-corrected chi connectivity index (χ3v) is 8.65. The number of aromatic nitrogens is 2. The highest BCUT2D eigenvalue weighted by Crippen LogP contribution is 2.38. The van der Waals surface area contributed by atoms with Crippen LogP contribution in [0.1, 0.15) is 73.3 Å². The predicted molar refractivity (Wildman–Crippen MR) is 153 cm³/mol. The van der Waals surface area contributed by atoms with Gasteiger partial charge < -0.3 is 24.9 Å². The summed E-state index contributed by atoms with van der Waals surface area (Å²) >= 11 is 0. The lowest BCUT2D eigenvalue weighted by Crippen LogP contribution is -2.59. The minimum absolute atomic E-state index is 0.0825. The van der Waals surface area contributed by atoms with Crippen LogP contribution in [0.25, 0.3) is 0 Å². The van der Waals surface area contributed by atoms with Crippen LogP contribution in [0.4, 0.5) is 5.69 Å². The van der Waals surface area contributed by atoms with Gasteiger partial charge in [-0.05, 0) is 53.5 Å². The zero-order chi connectivity index (χ0) is 28.7. The number of ether oxygens (including phenoxy) is 2. The number of amides is 2. The number of hydrogen-bond acceptors (Lipinski definition) is 6. The molecule has 6 atom stereocenters. The quantitative estimate of drug-likeness (QED) is 0.421. The topological polar surface area (TPSA) is 117 Å². The van der Waals surface area contributed by atoms with E-state index in [1.165, 1.54) is 17.4 Å². The van der Waals surface area contributed by atoms with Gasteiger partial charge in [-0.2, -0.15) is 0 Å². The van der Waals surface area contributed by atoms with Gasteiger partial charge in [-0.1, -0.05) is 57.2 Å². The molecular formula is C32H38N4O5. The lowest BCUT2D eigenvalue weighted by Gasteiger charge is -2.41. The maximum absolute atomic E-state index is 14.4. The number of hydrogen-bond donors (Lipinski definition) is 3. The van der Waals surface area contributed by atoms with E-state index < -0.39 is 36.5 Å². The van der Waals surface area contributed by atoms with Crippen molar-refractivity contribution in [3.8, 4) is 0 Å². The second-order valence-electron chi connectivity index (χ2n) is 12.4. The Hall–Kier alpha value is -3.53. The van der Waals surface area contributed by atoms with Gasteiger partial charge in [-0.25, -0.2) is 4.98 Å². The summed E-state index contributed by atoms with van der Waals surface area (Å²) in [5.41, 5.74) is 3.75. The van der Waals surface area contributed by atoms with Gasteiger partial charge in [0, 0.05) is 18.0 Å². The molecule has 1 aliphatic carbocycles. The van der Waals surface area contributed by atoms with Crippen LogP contribution in [-0.2, 0) is 26.1 Å². The van der Waals surface area contributed by atoms with Crippen molar-refractivity contribution >= 4 is 17.5 Å². The Morgan fingerprint density at radius 2 is 1.88 bits per heavy atom. The summed E-state index contributed by atoms with van der Waals surface area (Å²) in [6.45, 7) is 7.01. The summed E-state index contributed by atoms with van der Waals surface area (Å²) in [5.74, 6) is -0.502. The normalized spacial score (nSPS) is 26.2. The van der Waals surface area contributed by atoms with E-state index >= 15 is 0 Å². The molecule has 1 aromatic heterocycles. The lowest BCUT2D eigenvalue weighted by molar-refractivity contribution is -0.191. The molecule has 3 N–H and O–H groups in total. The smallest absolute Gasteiger partial charge is 0.277 e. The van der Waals surface area contributed by atoms with E-state index in [9.17, 15) is 14.7 Å². The number of carbonyl (C=O) groups is 2. The first-order valence-corrected chi connectivity index (χ1v) is 14.5. The maximum Gasteiger partial charge on any atom is 0.277 e. The molecule has 9 heteroatoms. The molecule has 3 heterocycles. The number of anilines is 1. The van der Waals surface area contributed by atoms with Crippen LogP contribution in [-0.4, -0.2) is 58.0 Å². The van der Waals surface area contributed by atoms with Crippen LogP contribution < -0.4 is 10.2 Å². The highest BCUT2D eigenvalue weighted by molar-refractivity contribution is 6.09. The fraction of sp³-hybridized carbons (Fsp3) is 0.469. The Morgan fingerprint density at radius 3 is 2.61 bits per heavy atom. The molecule has 2 fully saturated rings. The molecule has 0 bridgehead atoms. The maximum atomic E-state index is 14.4. The number of benzene rings is 2. The average molecular weight is 559 g/mol. The highest BCUT2D eigenvalue weighted by Gasteiger charge is 2.46. The average Bonchev–Trinajstić information content (AvgIpc) is 3.72. The van der Waals surface area contributed by atoms with E-state index in [-0.39, 0.29) is 22.9 Å². The summed E-state index contributed by atoms with van der Waals surface area (Å²) in [5, 5.41) is 14.0. The number of H-pyrrole nitrogens is 1. The molecule has 0 spiro atoms. The van der Waals surface area contributed by atoms with Crippen molar-refractivity contribution in [3.05, 3.63) is 83.4 Å². The summed E-state index contributed by atoms with van der Waals surface area (Å²) in [6.07, 6.45) is 3.92. The van der Waals surface area contributed by atoms with Crippen molar-refractivity contribution in [2.75, 3.05) is 11.5 Å². The Bertz CT molecular complexity index is 1380. The van der Waals surface area contributed by atoms with E-state index in [2.05, 4.69) is 36.1 Å². The van der Waals surface area contributed by atoms with Gasteiger partial charge in [0.25, 0.3) is 5.91 Å². The zero-order valence-electron chi connectivity index (χ0n) is 23.7. The van der Waals surface area contributed by atoms with Crippen molar-refractivity contribution < 1.29 is 24.2 Å². The van der Waals surface area contributed by atoms with Crippen LogP contribution >= 0.6 is 0 Å². The molecule has 2 aromatic carbocycles. The number of aliphatic hydroxyl groups excluding tert-OH is 1. The van der Waals surface area contributed by atoms with Crippen molar-refractivity contribution in [1.29, 1.82) is 0 Å². The third-order valence-electron chi connectivity index (χ3n) is 8.65. The van der Waals surface area contributed by atoms with E-state index in [0.29, 0.717) is 25.1 Å². The third kappa shape index (κ3) is 5.41. The van der Waals surface area contributed by atoms with Crippen molar-refractivity contribution in [1.82, 2.24) is 15.3 Å². The fourth-order valence-electron chi connectivity index (χ4n) is 6.36. The second-order valence-corrected chi connectivity index (χ2v) is 12.4. The Kier molecular flexibility index (Phi) is 7.44.